The Morgan fingerprint density at radius 3 is 1.94 bits per heavy atom. The largest absolute Gasteiger partial charge is 0.326 e. The third-order valence-corrected chi connectivity index (χ3v) is 2.77. The van der Waals surface area contributed by atoms with Crippen LogP contribution in [0.15, 0.2) is 12.1 Å². The minimum absolute atomic E-state index is 0.214. The van der Waals surface area contributed by atoms with Crippen LogP contribution in [0.1, 0.15) is 27.6 Å². The van der Waals surface area contributed by atoms with Gasteiger partial charge in [0.1, 0.15) is 0 Å². The van der Waals surface area contributed by atoms with Crippen molar-refractivity contribution in [1.82, 2.24) is 4.90 Å². The zero-order valence-electron chi connectivity index (χ0n) is 9.69. The number of nitrogens with two attached hydrogens (primary N) is 1. The van der Waals surface area contributed by atoms with Crippen LogP contribution in [0, 0.1) is 0 Å². The fourth-order valence-electron chi connectivity index (χ4n) is 1.99. The molecule has 0 aromatic heterocycles. The lowest BCUT2D eigenvalue weighted by Gasteiger charge is -2.15. The summed E-state index contributed by atoms with van der Waals surface area (Å²) in [6, 6.07) is 3.14. The lowest BCUT2D eigenvalue weighted by molar-refractivity contribution is 0.0646. The minimum Gasteiger partial charge on any atom is -0.326 e. The summed E-state index contributed by atoms with van der Waals surface area (Å²) in [7, 11) is 0. The number of imide groups is 1. The second-order valence-corrected chi connectivity index (χ2v) is 4.33. The van der Waals surface area contributed by atoms with Gasteiger partial charge in [-0.25, -0.2) is 0 Å². The predicted molar refractivity (Wildman–Crippen MR) is 65.8 cm³/mol. The van der Waals surface area contributed by atoms with Crippen molar-refractivity contribution in [3.05, 3.63) is 33.7 Å². The van der Waals surface area contributed by atoms with Gasteiger partial charge in [-0.2, -0.15) is 0 Å². The van der Waals surface area contributed by atoms with Gasteiger partial charge in [-0.3, -0.25) is 14.5 Å². The van der Waals surface area contributed by atoms with Gasteiger partial charge in [0.25, 0.3) is 11.8 Å². The highest BCUT2D eigenvalue weighted by Crippen LogP contribution is 2.16. The molecule has 1 aromatic rings. The van der Waals surface area contributed by atoms with Gasteiger partial charge in [0.2, 0.25) is 0 Å². The Hall–Kier alpha value is -1.94. The lowest BCUT2D eigenvalue weighted by atomic mass is 10.1. The van der Waals surface area contributed by atoms with Crippen LogP contribution in [0.4, 0.5) is 0 Å². The van der Waals surface area contributed by atoms with Crippen LogP contribution in [0.2, 0.25) is 0 Å². The molecule has 1 heterocycles. The van der Waals surface area contributed by atoms with E-state index < -0.39 is 0 Å². The molecule has 0 spiro atoms. The van der Waals surface area contributed by atoms with Crippen molar-refractivity contribution in [3.8, 4) is 0 Å². The summed E-state index contributed by atoms with van der Waals surface area (Å²) in [5.41, 5.74) is 6.36. The molecule has 0 saturated heterocycles. The monoisotopic (exact) mass is 230 g/mol. The van der Waals surface area contributed by atoms with Crippen molar-refractivity contribution in [2.24, 2.45) is 5.73 Å². The van der Waals surface area contributed by atoms with E-state index in [0.717, 1.165) is 0 Å². The number of nitrogens with zero attached hydrogens (tertiary/aromatic N) is 1. The summed E-state index contributed by atoms with van der Waals surface area (Å²) >= 11 is 0. The second-order valence-electron chi connectivity index (χ2n) is 4.33. The van der Waals surface area contributed by atoms with Crippen molar-refractivity contribution >= 4 is 25.0 Å². The normalized spacial score (nSPS) is 16.2. The lowest BCUT2D eigenvalue weighted by Crippen LogP contribution is -2.39. The number of amides is 2. The molecule has 0 aliphatic carbocycles. The van der Waals surface area contributed by atoms with Gasteiger partial charge < -0.3 is 5.73 Å². The summed E-state index contributed by atoms with van der Waals surface area (Å²) in [6.07, 6.45) is 0. The molecule has 0 unspecified atom stereocenters. The summed E-state index contributed by atoms with van der Waals surface area (Å²) < 4.78 is 0. The van der Waals surface area contributed by atoms with Gasteiger partial charge in [0, 0.05) is 12.6 Å². The molecule has 4 nitrogen and oxygen atoms in total. The molecular weight excluding hydrogens is 216 g/mol. The van der Waals surface area contributed by atoms with Crippen LogP contribution in [0.3, 0.4) is 0 Å². The molecule has 88 valence electrons. The minimum atomic E-state index is -0.321. The van der Waals surface area contributed by atoms with E-state index in [-0.39, 0.29) is 24.4 Å². The number of benzene rings is 1. The van der Waals surface area contributed by atoms with Crippen molar-refractivity contribution in [2.45, 2.75) is 13.0 Å². The number of hydrogen-bond acceptors (Lipinski definition) is 3. The molecule has 0 radical (unpaired) electrons. The topological polar surface area (TPSA) is 63.4 Å². The number of rotatable bonds is 2. The highest BCUT2D eigenvalue weighted by Gasteiger charge is 2.36. The summed E-state index contributed by atoms with van der Waals surface area (Å²) in [5.74, 6) is -0.643. The van der Waals surface area contributed by atoms with E-state index in [1.807, 2.05) is 0 Å². The smallest absolute Gasteiger partial charge is 0.262 e. The van der Waals surface area contributed by atoms with Crippen LogP contribution in [0.25, 0.3) is 13.2 Å². The van der Waals surface area contributed by atoms with Gasteiger partial charge in [0.05, 0.1) is 11.1 Å². The first-order valence-corrected chi connectivity index (χ1v) is 5.36. The van der Waals surface area contributed by atoms with E-state index in [1.165, 1.54) is 4.90 Å². The number of fused-ring (bicyclic) bond motifs is 1. The maximum absolute atomic E-state index is 12.1. The third kappa shape index (κ3) is 1.66. The van der Waals surface area contributed by atoms with Crippen LogP contribution in [-0.4, -0.2) is 29.3 Å². The van der Waals surface area contributed by atoms with Crippen LogP contribution < -0.4 is 16.2 Å². The Labute approximate surface area is 99.0 Å². The first-order valence-electron chi connectivity index (χ1n) is 5.36. The van der Waals surface area contributed by atoms with Gasteiger partial charge in [-0.15, -0.1) is 0 Å². The number of hydrogen-bond donors (Lipinski definition) is 1. The highest BCUT2D eigenvalue weighted by atomic mass is 16.2. The molecule has 2 rings (SSSR count). The molecule has 1 aromatic carbocycles. The van der Waals surface area contributed by atoms with E-state index in [0.29, 0.717) is 21.6 Å². The van der Waals surface area contributed by atoms with Gasteiger partial charge in [-0.1, -0.05) is 25.3 Å². The summed E-state index contributed by atoms with van der Waals surface area (Å²) in [4.78, 5) is 25.4. The van der Waals surface area contributed by atoms with E-state index >= 15 is 0 Å². The summed E-state index contributed by atoms with van der Waals surface area (Å²) in [6.45, 7) is 9.51. The van der Waals surface area contributed by atoms with Crippen molar-refractivity contribution in [3.63, 3.8) is 0 Å². The summed E-state index contributed by atoms with van der Waals surface area (Å²) in [5, 5.41) is 1.11. The predicted octanol–water partition coefficient (Wildman–Crippen LogP) is -0.550. The first kappa shape index (κ1) is 11.5. The molecule has 2 amide bonds. The fourth-order valence-corrected chi connectivity index (χ4v) is 1.99. The van der Waals surface area contributed by atoms with Gasteiger partial charge >= 0.3 is 0 Å². The Morgan fingerprint density at radius 1 is 1.18 bits per heavy atom. The molecular formula is C13H14N2O2. The van der Waals surface area contributed by atoms with E-state index in [2.05, 4.69) is 13.2 Å². The maximum Gasteiger partial charge on any atom is 0.262 e. The quantitative estimate of drug-likeness (QED) is 0.693. The Morgan fingerprint density at radius 2 is 1.59 bits per heavy atom. The molecule has 4 heteroatoms. The standard InChI is InChI=1S/C13H14N2O2/c1-7-4-5-8(2)11-10(7)12(16)15(13(11)17)6-9(3)14/h4-5,9H,1-2,6,14H2,3H3/t9-/m1/s1. The number of carbonyl (C=O) groups excluding carboxylic acids is 2. The maximum atomic E-state index is 12.1. The van der Waals surface area contributed by atoms with Crippen molar-refractivity contribution in [2.75, 3.05) is 6.54 Å². The van der Waals surface area contributed by atoms with Gasteiger partial charge in [0.15, 0.2) is 0 Å². The molecule has 0 saturated carbocycles. The zero-order chi connectivity index (χ0) is 12.7. The van der Waals surface area contributed by atoms with Crippen molar-refractivity contribution < 1.29 is 9.59 Å². The van der Waals surface area contributed by atoms with E-state index in [1.54, 1.807) is 19.1 Å². The molecule has 0 fully saturated rings. The van der Waals surface area contributed by atoms with E-state index in [4.69, 9.17) is 5.73 Å². The average Bonchev–Trinajstić information content (AvgIpc) is 2.49. The van der Waals surface area contributed by atoms with Crippen LogP contribution in [0.5, 0.6) is 0 Å². The highest BCUT2D eigenvalue weighted by molar-refractivity contribution is 6.21. The molecule has 0 bridgehead atoms. The fraction of sp³-hybridized carbons (Fsp3) is 0.231. The Balaban J connectivity index is 2.61. The SMILES string of the molecule is C=c1ccc(=C)c2c1C(=O)N(C[C@@H](C)N)C2=O. The zero-order valence-corrected chi connectivity index (χ0v) is 9.69. The van der Waals surface area contributed by atoms with Crippen LogP contribution in [-0.2, 0) is 0 Å². The Kier molecular flexibility index (Phi) is 2.59. The average molecular weight is 230 g/mol. The van der Waals surface area contributed by atoms with Gasteiger partial charge in [-0.05, 0) is 17.4 Å². The third-order valence-electron chi connectivity index (χ3n) is 2.77. The second kappa shape index (κ2) is 3.82. The number of carbonyl (C=O) groups is 2. The molecule has 1 atom stereocenters. The van der Waals surface area contributed by atoms with Crippen molar-refractivity contribution in [1.29, 1.82) is 0 Å². The first-order chi connectivity index (χ1) is 7.93. The molecule has 17 heavy (non-hydrogen) atoms. The van der Waals surface area contributed by atoms with E-state index in [9.17, 15) is 9.59 Å². The van der Waals surface area contributed by atoms with Crippen LogP contribution >= 0.6 is 0 Å². The molecule has 2 N–H and O–H groups in total. The molecule has 1 aliphatic heterocycles. The molecule has 1 aliphatic rings. The Bertz CT molecular complexity index is 556.